The van der Waals surface area contributed by atoms with Gasteiger partial charge in [0.1, 0.15) is 12.2 Å². The quantitative estimate of drug-likeness (QED) is 0.791. The fraction of sp³-hybridized carbons (Fsp3) is 0.312. The monoisotopic (exact) mass is 315 g/mol. The summed E-state index contributed by atoms with van der Waals surface area (Å²) < 4.78 is 1.94. The first-order chi connectivity index (χ1) is 10.6. The van der Waals surface area contributed by atoms with Gasteiger partial charge in [0, 0.05) is 23.2 Å². The Morgan fingerprint density at radius 1 is 1.18 bits per heavy atom. The summed E-state index contributed by atoms with van der Waals surface area (Å²) in [6.45, 7) is 6.99. The topological polar surface area (TPSA) is 55.6 Å². The summed E-state index contributed by atoms with van der Waals surface area (Å²) in [4.78, 5) is 13.8. The molecule has 2 aliphatic rings. The van der Waals surface area contributed by atoms with Gasteiger partial charge < -0.3 is 5.32 Å². The van der Waals surface area contributed by atoms with Gasteiger partial charge in [-0.1, -0.05) is 25.4 Å². The van der Waals surface area contributed by atoms with E-state index >= 15 is 0 Å². The van der Waals surface area contributed by atoms with Gasteiger partial charge in [-0.2, -0.15) is 0 Å². The van der Waals surface area contributed by atoms with Crippen LogP contribution in [0.1, 0.15) is 32.5 Å². The van der Waals surface area contributed by atoms with E-state index in [-0.39, 0.29) is 5.92 Å². The molecule has 0 saturated heterocycles. The number of anilines is 1. The summed E-state index contributed by atoms with van der Waals surface area (Å²) in [7, 11) is 0. The van der Waals surface area contributed by atoms with Gasteiger partial charge in [-0.3, -0.25) is 4.57 Å². The first kappa shape index (κ1) is 14.8. The van der Waals surface area contributed by atoms with Gasteiger partial charge in [-0.05, 0) is 31.2 Å². The van der Waals surface area contributed by atoms with Crippen molar-refractivity contribution in [1.29, 1.82) is 0 Å². The summed E-state index contributed by atoms with van der Waals surface area (Å²) in [5.41, 5.74) is 1.75. The maximum atomic E-state index is 5.97. The lowest BCUT2D eigenvalue weighted by atomic mass is 10.2. The van der Waals surface area contributed by atoms with Crippen LogP contribution in [0.25, 0.3) is 17.2 Å². The summed E-state index contributed by atoms with van der Waals surface area (Å²) in [5.74, 6) is 2.66. The third-order valence-electron chi connectivity index (χ3n) is 3.38. The summed E-state index contributed by atoms with van der Waals surface area (Å²) in [5, 5.41) is 3.95. The van der Waals surface area contributed by atoms with E-state index in [1.807, 2.05) is 35.8 Å². The number of rotatable bonds is 4. The van der Waals surface area contributed by atoms with Crippen molar-refractivity contribution in [3.63, 3.8) is 0 Å². The predicted molar refractivity (Wildman–Crippen MR) is 89.0 cm³/mol. The van der Waals surface area contributed by atoms with Gasteiger partial charge in [0.25, 0.3) is 0 Å². The number of aromatic nitrogens is 4. The van der Waals surface area contributed by atoms with E-state index in [0.717, 1.165) is 35.4 Å². The molecule has 2 aliphatic heterocycles. The predicted octanol–water partition coefficient (Wildman–Crippen LogP) is 3.98. The standard InChI is InChI=1S/C16H18ClN5/c1-4-18-15-13-16(21-14(20-13)10(2)3)22(9-19-15)12-7-5-11(17)6-8-12/h5-10,18H,4H2,1-3H3. The molecule has 2 heterocycles. The van der Waals surface area contributed by atoms with E-state index in [0.29, 0.717) is 5.02 Å². The molecule has 5 nitrogen and oxygen atoms in total. The minimum absolute atomic E-state index is 0.264. The zero-order valence-corrected chi connectivity index (χ0v) is 13.6. The van der Waals surface area contributed by atoms with Crippen LogP contribution >= 0.6 is 11.6 Å². The molecule has 1 N–H and O–H groups in total. The van der Waals surface area contributed by atoms with E-state index in [1.165, 1.54) is 0 Å². The van der Waals surface area contributed by atoms with Crippen molar-refractivity contribution in [2.45, 2.75) is 26.7 Å². The number of fused-ring (bicyclic) bond motifs is 1. The first-order valence-corrected chi connectivity index (χ1v) is 7.72. The van der Waals surface area contributed by atoms with E-state index in [4.69, 9.17) is 16.6 Å². The van der Waals surface area contributed by atoms with Crippen LogP contribution in [0.2, 0.25) is 5.02 Å². The molecule has 114 valence electrons. The second kappa shape index (κ2) is 5.93. The molecule has 1 aromatic carbocycles. The second-order valence-corrected chi connectivity index (χ2v) is 5.82. The highest BCUT2D eigenvalue weighted by Gasteiger charge is 2.21. The number of halogens is 1. The van der Waals surface area contributed by atoms with Gasteiger partial charge >= 0.3 is 0 Å². The largest absolute Gasteiger partial charge is 0.368 e. The number of hydrogen-bond acceptors (Lipinski definition) is 4. The van der Waals surface area contributed by atoms with Gasteiger partial charge in [0.15, 0.2) is 17.3 Å². The summed E-state index contributed by atoms with van der Waals surface area (Å²) in [6.07, 6.45) is 1.77. The smallest absolute Gasteiger partial charge is 0.170 e. The van der Waals surface area contributed by atoms with Crippen molar-refractivity contribution < 1.29 is 0 Å². The van der Waals surface area contributed by atoms with Crippen LogP contribution in [0.4, 0.5) is 5.82 Å². The molecule has 0 amide bonds. The van der Waals surface area contributed by atoms with Gasteiger partial charge in [-0.25, -0.2) is 15.0 Å². The Balaban J connectivity index is 2.18. The molecule has 22 heavy (non-hydrogen) atoms. The molecule has 0 aromatic heterocycles. The molecule has 0 bridgehead atoms. The Hall–Kier alpha value is -2.14. The molecule has 0 atom stereocenters. The van der Waals surface area contributed by atoms with Gasteiger partial charge in [0.2, 0.25) is 0 Å². The van der Waals surface area contributed by atoms with Crippen molar-refractivity contribution in [2.75, 3.05) is 11.9 Å². The summed E-state index contributed by atoms with van der Waals surface area (Å²) >= 11 is 5.97. The molecule has 1 aromatic rings. The number of hydrogen-bond donors (Lipinski definition) is 1. The minimum atomic E-state index is 0.264. The van der Waals surface area contributed by atoms with Crippen molar-refractivity contribution in [3.8, 4) is 17.2 Å². The van der Waals surface area contributed by atoms with Crippen LogP contribution in [0.3, 0.4) is 0 Å². The highest BCUT2D eigenvalue weighted by atomic mass is 35.5. The molecule has 0 aliphatic carbocycles. The molecular weight excluding hydrogens is 298 g/mol. The second-order valence-electron chi connectivity index (χ2n) is 5.38. The molecule has 0 spiro atoms. The lowest BCUT2D eigenvalue weighted by Crippen LogP contribution is -2.08. The number of nitrogens with zero attached hydrogens (tertiary/aromatic N) is 4. The van der Waals surface area contributed by atoms with Crippen LogP contribution in [0.5, 0.6) is 0 Å². The highest BCUT2D eigenvalue weighted by molar-refractivity contribution is 6.30. The molecule has 0 radical (unpaired) electrons. The lowest BCUT2D eigenvalue weighted by Gasteiger charge is -2.13. The first-order valence-electron chi connectivity index (χ1n) is 7.35. The molecule has 0 unspecified atom stereocenters. The highest BCUT2D eigenvalue weighted by Crippen LogP contribution is 2.30. The van der Waals surface area contributed by atoms with E-state index < -0.39 is 0 Å². The maximum absolute atomic E-state index is 5.97. The van der Waals surface area contributed by atoms with Crippen molar-refractivity contribution in [2.24, 2.45) is 0 Å². The van der Waals surface area contributed by atoms with Crippen LogP contribution < -0.4 is 5.32 Å². The van der Waals surface area contributed by atoms with Crippen molar-refractivity contribution in [1.82, 2.24) is 19.5 Å². The van der Waals surface area contributed by atoms with Gasteiger partial charge in [-0.15, -0.1) is 0 Å². The van der Waals surface area contributed by atoms with Crippen molar-refractivity contribution >= 4 is 17.4 Å². The molecule has 6 heteroatoms. The third kappa shape index (κ3) is 2.64. The fourth-order valence-corrected chi connectivity index (χ4v) is 2.38. The van der Waals surface area contributed by atoms with Crippen LogP contribution in [0, 0.1) is 0 Å². The molecule has 0 fully saturated rings. The summed E-state index contributed by atoms with van der Waals surface area (Å²) in [6, 6.07) is 7.60. The Bertz CT molecular complexity index is 748. The number of imidazole rings is 1. The lowest BCUT2D eigenvalue weighted by molar-refractivity contribution is 0.794. The van der Waals surface area contributed by atoms with Crippen LogP contribution in [-0.2, 0) is 0 Å². The fourth-order valence-electron chi connectivity index (χ4n) is 2.25. The Labute approximate surface area is 134 Å². The normalized spacial score (nSPS) is 11.3. The Morgan fingerprint density at radius 3 is 2.55 bits per heavy atom. The average Bonchev–Trinajstić information content (AvgIpc) is 2.95. The van der Waals surface area contributed by atoms with Crippen molar-refractivity contribution in [3.05, 3.63) is 41.4 Å². The average molecular weight is 316 g/mol. The van der Waals surface area contributed by atoms with Gasteiger partial charge in [0.05, 0.1) is 0 Å². The maximum Gasteiger partial charge on any atom is 0.170 e. The Kier molecular flexibility index (Phi) is 3.98. The van der Waals surface area contributed by atoms with E-state index in [2.05, 4.69) is 29.1 Å². The molecule has 3 rings (SSSR count). The molecule has 0 saturated carbocycles. The zero-order valence-electron chi connectivity index (χ0n) is 12.8. The molecular formula is C16H18ClN5. The van der Waals surface area contributed by atoms with Crippen LogP contribution in [0.15, 0.2) is 30.6 Å². The number of benzene rings is 1. The Morgan fingerprint density at radius 2 is 1.91 bits per heavy atom. The third-order valence-corrected chi connectivity index (χ3v) is 3.63. The minimum Gasteiger partial charge on any atom is -0.368 e. The van der Waals surface area contributed by atoms with E-state index in [1.54, 1.807) is 6.33 Å². The van der Waals surface area contributed by atoms with E-state index in [9.17, 15) is 0 Å². The SMILES string of the molecule is CCNc1ncn(-c2ccc(Cl)cc2)c2nc(C(C)C)nc1-2. The number of nitrogens with one attached hydrogen (secondary N) is 1. The van der Waals surface area contributed by atoms with Crippen LogP contribution in [-0.4, -0.2) is 26.1 Å². The zero-order chi connectivity index (χ0) is 15.7.